The number of benzene rings is 2. The molecule has 0 spiro atoms. The number of fused-ring (bicyclic) bond motifs is 1. The zero-order valence-corrected chi connectivity index (χ0v) is 15.4. The van der Waals surface area contributed by atoms with Gasteiger partial charge in [0.15, 0.2) is 6.61 Å². The predicted molar refractivity (Wildman–Crippen MR) is 101 cm³/mol. The number of rotatable bonds is 5. The Hall–Kier alpha value is -3.35. The van der Waals surface area contributed by atoms with Gasteiger partial charge in [0.25, 0.3) is 5.91 Å². The number of nitrogens with zero attached hydrogens (tertiary/aromatic N) is 1. The molecule has 5 nitrogen and oxygen atoms in total. The van der Waals surface area contributed by atoms with Gasteiger partial charge in [-0.05, 0) is 37.1 Å². The van der Waals surface area contributed by atoms with Crippen LogP contribution < -0.4 is 5.32 Å². The van der Waals surface area contributed by atoms with Crippen molar-refractivity contribution in [3.8, 4) is 0 Å². The summed E-state index contributed by atoms with van der Waals surface area (Å²) < 4.78 is 31.7. The van der Waals surface area contributed by atoms with E-state index in [2.05, 4.69) is 10.3 Å². The number of anilines is 1. The molecule has 1 amide bonds. The Morgan fingerprint density at radius 1 is 1.14 bits per heavy atom. The number of carbonyl (C=O) groups is 2. The maximum absolute atomic E-state index is 13.6. The Kier molecular flexibility index (Phi) is 5.63. The van der Waals surface area contributed by atoms with Crippen molar-refractivity contribution in [3.05, 3.63) is 70.9 Å². The Labute approximate surface area is 160 Å². The lowest BCUT2D eigenvalue weighted by Crippen LogP contribution is -2.22. The van der Waals surface area contributed by atoms with Crippen molar-refractivity contribution in [2.45, 2.75) is 20.3 Å². The van der Waals surface area contributed by atoms with Crippen LogP contribution in [-0.2, 0) is 16.0 Å². The molecule has 144 valence electrons. The first-order chi connectivity index (χ1) is 13.4. The molecule has 0 aliphatic carbocycles. The molecular weight excluding hydrogens is 366 g/mol. The number of nitrogens with one attached hydrogen (secondary N) is 1. The Morgan fingerprint density at radius 3 is 2.61 bits per heavy atom. The summed E-state index contributed by atoms with van der Waals surface area (Å²) in [5, 5.41) is 2.88. The Balaban J connectivity index is 1.78. The molecule has 0 saturated carbocycles. The first-order valence-corrected chi connectivity index (χ1v) is 8.71. The van der Waals surface area contributed by atoms with Gasteiger partial charge in [0.1, 0.15) is 11.6 Å². The van der Waals surface area contributed by atoms with Gasteiger partial charge in [-0.25, -0.2) is 13.6 Å². The standard InChI is InChI=1S/C21H18F2N2O3/c1-3-16-12(2)20(14-6-4-5-7-17(14)24-16)21(27)28-11-19(26)25-18-9-8-13(22)10-15(18)23/h4-10H,3,11H2,1-2H3,(H,25,26). The van der Waals surface area contributed by atoms with Gasteiger partial charge in [-0.1, -0.05) is 25.1 Å². The van der Waals surface area contributed by atoms with E-state index in [0.29, 0.717) is 34.5 Å². The number of amides is 1. The largest absolute Gasteiger partial charge is 0.452 e. The quantitative estimate of drug-likeness (QED) is 0.670. The number of halogens is 2. The fourth-order valence-electron chi connectivity index (χ4n) is 2.95. The van der Waals surface area contributed by atoms with Crippen LogP contribution in [0, 0.1) is 18.6 Å². The van der Waals surface area contributed by atoms with Crippen LogP contribution in [0.25, 0.3) is 10.9 Å². The van der Waals surface area contributed by atoms with Gasteiger partial charge in [0.2, 0.25) is 0 Å². The molecule has 1 heterocycles. The molecule has 0 atom stereocenters. The SMILES string of the molecule is CCc1nc2ccccc2c(C(=O)OCC(=O)Nc2ccc(F)cc2F)c1C. The summed E-state index contributed by atoms with van der Waals surface area (Å²) in [7, 11) is 0. The number of esters is 1. The normalized spacial score (nSPS) is 10.7. The van der Waals surface area contributed by atoms with E-state index in [0.717, 1.165) is 17.8 Å². The van der Waals surface area contributed by atoms with Gasteiger partial charge in [0, 0.05) is 17.1 Å². The topological polar surface area (TPSA) is 68.3 Å². The molecule has 0 bridgehead atoms. The second-order valence-corrected chi connectivity index (χ2v) is 6.18. The van der Waals surface area contributed by atoms with E-state index in [9.17, 15) is 18.4 Å². The third-order valence-corrected chi connectivity index (χ3v) is 4.32. The van der Waals surface area contributed by atoms with Crippen LogP contribution in [0.4, 0.5) is 14.5 Å². The maximum Gasteiger partial charge on any atom is 0.339 e. The zero-order valence-electron chi connectivity index (χ0n) is 15.4. The van der Waals surface area contributed by atoms with Crippen molar-refractivity contribution in [2.24, 2.45) is 0 Å². The highest BCUT2D eigenvalue weighted by atomic mass is 19.1. The molecule has 0 aliphatic rings. The molecular formula is C21H18F2N2O3. The van der Waals surface area contributed by atoms with Crippen molar-refractivity contribution in [1.82, 2.24) is 4.98 Å². The minimum Gasteiger partial charge on any atom is -0.452 e. The Morgan fingerprint density at radius 2 is 1.89 bits per heavy atom. The van der Waals surface area contributed by atoms with E-state index in [4.69, 9.17) is 4.74 Å². The highest BCUT2D eigenvalue weighted by Crippen LogP contribution is 2.24. The summed E-state index contributed by atoms with van der Waals surface area (Å²) in [6, 6.07) is 9.94. The average molecular weight is 384 g/mol. The van der Waals surface area contributed by atoms with Gasteiger partial charge in [-0.3, -0.25) is 9.78 Å². The van der Waals surface area contributed by atoms with E-state index >= 15 is 0 Å². The van der Waals surface area contributed by atoms with Crippen molar-refractivity contribution < 1.29 is 23.1 Å². The van der Waals surface area contributed by atoms with Gasteiger partial charge in [0.05, 0.1) is 16.8 Å². The van der Waals surface area contributed by atoms with Crippen LogP contribution >= 0.6 is 0 Å². The summed E-state index contributed by atoms with van der Waals surface area (Å²) in [5.41, 5.74) is 2.28. The molecule has 0 aliphatic heterocycles. The fraction of sp³-hybridized carbons (Fsp3) is 0.190. The molecule has 0 unspecified atom stereocenters. The number of aryl methyl sites for hydroxylation is 1. The number of ether oxygens (including phenoxy) is 1. The Bertz CT molecular complexity index is 1070. The number of pyridine rings is 1. The van der Waals surface area contributed by atoms with E-state index in [1.807, 2.05) is 13.0 Å². The summed E-state index contributed by atoms with van der Waals surface area (Å²) in [5.74, 6) is -3.07. The second kappa shape index (κ2) is 8.12. The van der Waals surface area contributed by atoms with E-state index in [-0.39, 0.29) is 5.69 Å². The fourth-order valence-corrected chi connectivity index (χ4v) is 2.95. The average Bonchev–Trinajstić information content (AvgIpc) is 2.68. The van der Waals surface area contributed by atoms with Gasteiger partial charge < -0.3 is 10.1 Å². The van der Waals surface area contributed by atoms with Gasteiger partial charge in [-0.15, -0.1) is 0 Å². The van der Waals surface area contributed by atoms with Crippen molar-refractivity contribution in [2.75, 3.05) is 11.9 Å². The highest BCUT2D eigenvalue weighted by molar-refractivity contribution is 6.05. The number of hydrogen-bond donors (Lipinski definition) is 1. The number of para-hydroxylation sites is 1. The lowest BCUT2D eigenvalue weighted by atomic mass is 10.0. The first-order valence-electron chi connectivity index (χ1n) is 8.71. The second-order valence-electron chi connectivity index (χ2n) is 6.18. The van der Waals surface area contributed by atoms with Crippen molar-refractivity contribution in [1.29, 1.82) is 0 Å². The van der Waals surface area contributed by atoms with Gasteiger partial charge >= 0.3 is 5.97 Å². The molecule has 0 radical (unpaired) electrons. The van der Waals surface area contributed by atoms with E-state index in [1.165, 1.54) is 0 Å². The molecule has 0 saturated heterocycles. The van der Waals surface area contributed by atoms with Crippen LogP contribution in [0.3, 0.4) is 0 Å². The molecule has 3 aromatic rings. The molecule has 1 N–H and O–H groups in total. The zero-order chi connectivity index (χ0) is 20.3. The number of aromatic nitrogens is 1. The van der Waals surface area contributed by atoms with Crippen LogP contribution in [0.1, 0.15) is 28.5 Å². The molecule has 1 aromatic heterocycles. The maximum atomic E-state index is 13.6. The minimum atomic E-state index is -0.914. The third kappa shape index (κ3) is 3.98. The highest BCUT2D eigenvalue weighted by Gasteiger charge is 2.19. The van der Waals surface area contributed by atoms with Crippen LogP contribution in [0.2, 0.25) is 0 Å². The predicted octanol–water partition coefficient (Wildman–Crippen LogP) is 4.18. The van der Waals surface area contributed by atoms with Crippen LogP contribution in [0.5, 0.6) is 0 Å². The molecule has 0 fully saturated rings. The monoisotopic (exact) mass is 384 g/mol. The van der Waals surface area contributed by atoms with Crippen LogP contribution in [-0.4, -0.2) is 23.5 Å². The smallest absolute Gasteiger partial charge is 0.339 e. The summed E-state index contributed by atoms with van der Waals surface area (Å²) in [6.45, 7) is 3.11. The summed E-state index contributed by atoms with van der Waals surface area (Å²) in [4.78, 5) is 29.2. The van der Waals surface area contributed by atoms with E-state index in [1.54, 1.807) is 25.1 Å². The number of hydrogen-bond acceptors (Lipinski definition) is 4. The first kappa shape index (κ1) is 19.4. The summed E-state index contributed by atoms with van der Waals surface area (Å²) in [6.07, 6.45) is 0.640. The van der Waals surface area contributed by atoms with Gasteiger partial charge in [-0.2, -0.15) is 0 Å². The van der Waals surface area contributed by atoms with Crippen LogP contribution in [0.15, 0.2) is 42.5 Å². The molecule has 3 rings (SSSR count). The number of carbonyl (C=O) groups excluding carboxylic acids is 2. The lowest BCUT2D eigenvalue weighted by Gasteiger charge is -2.13. The summed E-state index contributed by atoms with van der Waals surface area (Å²) >= 11 is 0. The molecule has 28 heavy (non-hydrogen) atoms. The minimum absolute atomic E-state index is 0.193. The van der Waals surface area contributed by atoms with E-state index < -0.39 is 30.1 Å². The van der Waals surface area contributed by atoms with Crippen molar-refractivity contribution >= 4 is 28.5 Å². The third-order valence-electron chi connectivity index (χ3n) is 4.32. The molecule has 2 aromatic carbocycles. The molecule has 7 heteroatoms. The lowest BCUT2D eigenvalue weighted by molar-refractivity contribution is -0.119. The van der Waals surface area contributed by atoms with Crippen molar-refractivity contribution in [3.63, 3.8) is 0 Å².